The van der Waals surface area contributed by atoms with Crippen LogP contribution in [0.4, 0.5) is 10.4 Å². The molecule has 0 spiro atoms. The van der Waals surface area contributed by atoms with Gasteiger partial charge in [-0.3, -0.25) is 4.79 Å². The molecule has 3 aromatic rings. The summed E-state index contributed by atoms with van der Waals surface area (Å²) in [5.41, 5.74) is 2.37. The molecule has 0 radical (unpaired) electrons. The molecule has 1 amide bonds. The number of nitrogens with one attached hydrogen (secondary N) is 1. The van der Waals surface area contributed by atoms with Gasteiger partial charge in [-0.05, 0) is 42.7 Å². The summed E-state index contributed by atoms with van der Waals surface area (Å²) in [6.45, 7) is 1.11. The lowest BCUT2D eigenvalue weighted by Gasteiger charge is -2.22. The molecule has 0 saturated carbocycles. The molecule has 1 aliphatic rings. The van der Waals surface area contributed by atoms with E-state index < -0.39 is 0 Å². The van der Waals surface area contributed by atoms with Crippen LogP contribution >= 0.6 is 0 Å². The zero-order valence-corrected chi connectivity index (χ0v) is 13.6. The first kappa shape index (κ1) is 15.6. The van der Waals surface area contributed by atoms with Crippen LogP contribution in [0.5, 0.6) is 0 Å². The lowest BCUT2D eigenvalue weighted by atomic mass is 10.2. The summed E-state index contributed by atoms with van der Waals surface area (Å²) in [5.74, 6) is -0.350. The zero-order chi connectivity index (χ0) is 17.2. The third-order valence-corrected chi connectivity index (χ3v) is 4.46. The molecule has 1 N–H and O–H groups in total. The SMILES string of the molecule is O=C(NCc1ccc(F)cc1)[C@H]1CCCN1c1nc2ccccc2o1. The highest BCUT2D eigenvalue weighted by Crippen LogP contribution is 2.28. The van der Waals surface area contributed by atoms with Gasteiger partial charge in [-0.2, -0.15) is 4.98 Å². The normalized spacial score (nSPS) is 17.2. The van der Waals surface area contributed by atoms with E-state index in [1.54, 1.807) is 12.1 Å². The van der Waals surface area contributed by atoms with Crippen molar-refractivity contribution in [2.45, 2.75) is 25.4 Å². The van der Waals surface area contributed by atoms with E-state index in [2.05, 4.69) is 10.3 Å². The second-order valence-electron chi connectivity index (χ2n) is 6.16. The Morgan fingerprint density at radius 3 is 2.84 bits per heavy atom. The van der Waals surface area contributed by atoms with Gasteiger partial charge in [0, 0.05) is 13.1 Å². The van der Waals surface area contributed by atoms with E-state index in [0.717, 1.165) is 36.0 Å². The van der Waals surface area contributed by atoms with Gasteiger partial charge in [0.2, 0.25) is 5.91 Å². The number of para-hydroxylation sites is 2. The number of hydrogen-bond donors (Lipinski definition) is 1. The van der Waals surface area contributed by atoms with E-state index in [1.807, 2.05) is 29.2 Å². The third kappa shape index (κ3) is 3.20. The molecule has 25 heavy (non-hydrogen) atoms. The van der Waals surface area contributed by atoms with Crippen molar-refractivity contribution in [2.75, 3.05) is 11.4 Å². The Balaban J connectivity index is 1.46. The fraction of sp³-hybridized carbons (Fsp3) is 0.263. The van der Waals surface area contributed by atoms with Crippen molar-refractivity contribution in [3.05, 3.63) is 59.9 Å². The summed E-state index contributed by atoms with van der Waals surface area (Å²) in [6.07, 6.45) is 1.67. The summed E-state index contributed by atoms with van der Waals surface area (Å²) in [5, 5.41) is 2.92. The number of rotatable bonds is 4. The summed E-state index contributed by atoms with van der Waals surface area (Å²) in [4.78, 5) is 19.0. The Morgan fingerprint density at radius 2 is 2.04 bits per heavy atom. The number of fused-ring (bicyclic) bond motifs is 1. The molecule has 0 aliphatic carbocycles. The van der Waals surface area contributed by atoms with E-state index in [1.165, 1.54) is 12.1 Å². The van der Waals surface area contributed by atoms with Crippen LogP contribution in [0.2, 0.25) is 0 Å². The molecule has 1 atom stereocenters. The van der Waals surface area contributed by atoms with Gasteiger partial charge in [0.1, 0.15) is 17.4 Å². The van der Waals surface area contributed by atoms with Gasteiger partial charge < -0.3 is 14.6 Å². The molecule has 1 aliphatic heterocycles. The first-order chi connectivity index (χ1) is 12.2. The van der Waals surface area contributed by atoms with E-state index in [0.29, 0.717) is 12.6 Å². The van der Waals surface area contributed by atoms with Crippen LogP contribution in [0, 0.1) is 5.82 Å². The smallest absolute Gasteiger partial charge is 0.299 e. The van der Waals surface area contributed by atoms with Crippen LogP contribution in [0.3, 0.4) is 0 Å². The quantitative estimate of drug-likeness (QED) is 0.793. The Bertz CT molecular complexity index is 858. The van der Waals surface area contributed by atoms with Gasteiger partial charge in [-0.15, -0.1) is 0 Å². The second-order valence-corrected chi connectivity index (χ2v) is 6.16. The average Bonchev–Trinajstić information content (AvgIpc) is 3.27. The molecule has 5 nitrogen and oxygen atoms in total. The second kappa shape index (κ2) is 6.55. The molecular weight excluding hydrogens is 321 g/mol. The number of nitrogens with zero attached hydrogens (tertiary/aromatic N) is 2. The number of anilines is 1. The van der Waals surface area contributed by atoms with Crippen molar-refractivity contribution in [1.82, 2.24) is 10.3 Å². The number of carbonyl (C=O) groups excluding carboxylic acids is 1. The maximum absolute atomic E-state index is 12.9. The van der Waals surface area contributed by atoms with Crippen LogP contribution in [0.1, 0.15) is 18.4 Å². The molecule has 0 bridgehead atoms. The summed E-state index contributed by atoms with van der Waals surface area (Å²) in [7, 11) is 0. The first-order valence-corrected chi connectivity index (χ1v) is 8.35. The number of carbonyl (C=O) groups is 1. The van der Waals surface area contributed by atoms with Crippen LogP contribution in [-0.4, -0.2) is 23.5 Å². The number of halogens is 1. The highest BCUT2D eigenvalue weighted by Gasteiger charge is 2.33. The molecule has 4 rings (SSSR count). The molecule has 1 aromatic heterocycles. The number of oxazole rings is 1. The molecule has 2 aromatic carbocycles. The van der Waals surface area contributed by atoms with E-state index in [4.69, 9.17) is 4.42 Å². The van der Waals surface area contributed by atoms with E-state index in [9.17, 15) is 9.18 Å². The summed E-state index contributed by atoms with van der Waals surface area (Å²) >= 11 is 0. The Kier molecular flexibility index (Phi) is 4.09. The lowest BCUT2D eigenvalue weighted by molar-refractivity contribution is -0.122. The number of benzene rings is 2. The standard InChI is InChI=1S/C19H18FN3O2/c20-14-9-7-13(8-10-14)12-21-18(24)16-5-3-11-23(16)19-22-15-4-1-2-6-17(15)25-19/h1-2,4,6-10,16H,3,5,11-12H2,(H,21,24)/t16-/m1/s1. The minimum absolute atomic E-state index is 0.0657. The molecule has 0 unspecified atom stereocenters. The fourth-order valence-electron chi connectivity index (χ4n) is 3.16. The highest BCUT2D eigenvalue weighted by atomic mass is 19.1. The van der Waals surface area contributed by atoms with Gasteiger partial charge in [0.25, 0.3) is 6.01 Å². The average molecular weight is 339 g/mol. The van der Waals surface area contributed by atoms with Crippen molar-refractivity contribution in [3.8, 4) is 0 Å². The minimum atomic E-state index is -0.298. The predicted octanol–water partition coefficient (Wildman–Crippen LogP) is 3.25. The topological polar surface area (TPSA) is 58.4 Å². The summed E-state index contributed by atoms with van der Waals surface area (Å²) in [6, 6.07) is 13.9. The first-order valence-electron chi connectivity index (χ1n) is 8.35. The van der Waals surface area contributed by atoms with Crippen LogP contribution in [-0.2, 0) is 11.3 Å². The number of amides is 1. The number of hydrogen-bond acceptors (Lipinski definition) is 4. The number of aromatic nitrogens is 1. The van der Waals surface area contributed by atoms with Crippen molar-refractivity contribution < 1.29 is 13.6 Å². The van der Waals surface area contributed by atoms with E-state index >= 15 is 0 Å². The van der Waals surface area contributed by atoms with Gasteiger partial charge in [0.05, 0.1) is 0 Å². The largest absolute Gasteiger partial charge is 0.423 e. The van der Waals surface area contributed by atoms with E-state index in [-0.39, 0.29) is 17.8 Å². The Morgan fingerprint density at radius 1 is 1.24 bits per heavy atom. The van der Waals surface area contributed by atoms with Gasteiger partial charge >= 0.3 is 0 Å². The van der Waals surface area contributed by atoms with Crippen LogP contribution < -0.4 is 10.2 Å². The molecule has 1 fully saturated rings. The van der Waals surface area contributed by atoms with Crippen LogP contribution in [0.15, 0.2) is 52.9 Å². The van der Waals surface area contributed by atoms with Crippen molar-refractivity contribution in [3.63, 3.8) is 0 Å². The maximum atomic E-state index is 12.9. The molecule has 6 heteroatoms. The summed E-state index contributed by atoms with van der Waals surface area (Å²) < 4.78 is 18.7. The monoisotopic (exact) mass is 339 g/mol. The van der Waals surface area contributed by atoms with Crippen molar-refractivity contribution >= 4 is 23.0 Å². The molecule has 128 valence electrons. The predicted molar refractivity (Wildman–Crippen MR) is 92.6 cm³/mol. The molecular formula is C19H18FN3O2. The zero-order valence-electron chi connectivity index (χ0n) is 13.6. The molecule has 1 saturated heterocycles. The Labute approximate surface area is 144 Å². The van der Waals surface area contributed by atoms with Gasteiger partial charge in [-0.1, -0.05) is 24.3 Å². The van der Waals surface area contributed by atoms with Crippen molar-refractivity contribution in [1.29, 1.82) is 0 Å². The van der Waals surface area contributed by atoms with Crippen molar-refractivity contribution in [2.24, 2.45) is 0 Å². The van der Waals surface area contributed by atoms with Gasteiger partial charge in [-0.25, -0.2) is 4.39 Å². The maximum Gasteiger partial charge on any atom is 0.299 e. The Hall–Kier alpha value is -2.89. The lowest BCUT2D eigenvalue weighted by Crippen LogP contribution is -2.43. The van der Waals surface area contributed by atoms with Gasteiger partial charge in [0.15, 0.2) is 5.58 Å². The molecule has 2 heterocycles. The van der Waals surface area contributed by atoms with Crippen LogP contribution in [0.25, 0.3) is 11.1 Å². The minimum Gasteiger partial charge on any atom is -0.423 e. The fourth-order valence-corrected chi connectivity index (χ4v) is 3.16. The highest BCUT2D eigenvalue weighted by molar-refractivity contribution is 5.85. The third-order valence-electron chi connectivity index (χ3n) is 4.46.